The summed E-state index contributed by atoms with van der Waals surface area (Å²) >= 11 is 0. The summed E-state index contributed by atoms with van der Waals surface area (Å²) in [5, 5.41) is 40.9. The van der Waals surface area contributed by atoms with Gasteiger partial charge in [-0.05, 0) is 61.4 Å². The minimum absolute atomic E-state index is 0. The van der Waals surface area contributed by atoms with Gasteiger partial charge in [0.2, 0.25) is 0 Å². The normalized spacial score (nSPS) is 10.2. The predicted octanol–water partition coefficient (Wildman–Crippen LogP) is 5.84. The van der Waals surface area contributed by atoms with Crippen molar-refractivity contribution >= 4 is 21.5 Å². The van der Waals surface area contributed by atoms with Crippen LogP contribution in [0.5, 0.6) is 11.5 Å². The molecule has 0 spiro atoms. The number of phenols is 2. The van der Waals surface area contributed by atoms with Crippen molar-refractivity contribution in [2.24, 2.45) is 0 Å². The Morgan fingerprint density at radius 1 is 0.516 bits per heavy atom. The molecule has 4 aromatic rings. The van der Waals surface area contributed by atoms with Crippen LogP contribution < -0.4 is 0 Å². The van der Waals surface area contributed by atoms with E-state index in [9.17, 15) is 10.2 Å². The predicted molar refractivity (Wildman–Crippen MR) is 125 cm³/mol. The summed E-state index contributed by atoms with van der Waals surface area (Å²) in [4.78, 5) is 0. The standard InChI is InChI=1S/C20H14O2.2C3H8O.Zr/c21-17-11-9-13-5-1-3-7-15(13)19(17)20-16-8-4-2-6-14(16)10-12-18(20)22;2*1-3(2)4;/h1-12,21-22H;2*3-4H,1-2H3;. The summed E-state index contributed by atoms with van der Waals surface area (Å²) < 4.78 is 0. The second kappa shape index (κ2) is 12.6. The van der Waals surface area contributed by atoms with E-state index in [-0.39, 0.29) is 49.9 Å². The molecule has 0 aliphatic carbocycles. The molecule has 5 heteroatoms. The summed E-state index contributed by atoms with van der Waals surface area (Å²) in [7, 11) is 0. The molecule has 0 aliphatic heterocycles. The minimum atomic E-state index is -0.167. The van der Waals surface area contributed by atoms with Crippen LogP contribution in [0.2, 0.25) is 0 Å². The Bertz CT molecular complexity index is 1010. The van der Waals surface area contributed by atoms with Gasteiger partial charge in [-0.3, -0.25) is 0 Å². The molecule has 0 atom stereocenters. The van der Waals surface area contributed by atoms with Gasteiger partial charge in [-0.1, -0.05) is 60.7 Å². The van der Waals surface area contributed by atoms with Gasteiger partial charge < -0.3 is 20.4 Å². The summed E-state index contributed by atoms with van der Waals surface area (Å²) in [6.07, 6.45) is -0.333. The summed E-state index contributed by atoms with van der Waals surface area (Å²) in [6, 6.07) is 22.9. The first kappa shape index (κ1) is 26.8. The maximum Gasteiger partial charge on any atom is 0.124 e. The van der Waals surface area contributed by atoms with Crippen LogP contribution in [0, 0.1) is 0 Å². The van der Waals surface area contributed by atoms with E-state index in [1.807, 2.05) is 60.7 Å². The Balaban J connectivity index is 0.000000465. The van der Waals surface area contributed by atoms with Gasteiger partial charge in [0.15, 0.2) is 0 Å². The first-order valence-electron chi connectivity index (χ1n) is 10.00. The van der Waals surface area contributed by atoms with Crippen LogP contribution in [0.25, 0.3) is 32.7 Å². The van der Waals surface area contributed by atoms with Crippen molar-refractivity contribution in [2.45, 2.75) is 39.9 Å². The van der Waals surface area contributed by atoms with Crippen LogP contribution in [0.1, 0.15) is 27.7 Å². The van der Waals surface area contributed by atoms with Crippen molar-refractivity contribution in [2.75, 3.05) is 0 Å². The van der Waals surface area contributed by atoms with Crippen molar-refractivity contribution in [1.29, 1.82) is 0 Å². The molecule has 0 bridgehead atoms. The number of aliphatic hydroxyl groups is 2. The summed E-state index contributed by atoms with van der Waals surface area (Å²) in [6.45, 7) is 6.89. The largest absolute Gasteiger partial charge is 0.507 e. The molecule has 0 heterocycles. The molecule has 0 saturated carbocycles. The smallest absolute Gasteiger partial charge is 0.124 e. The van der Waals surface area contributed by atoms with Crippen LogP contribution in [0.4, 0.5) is 0 Å². The fourth-order valence-electron chi connectivity index (χ4n) is 3.05. The van der Waals surface area contributed by atoms with Gasteiger partial charge in [0.05, 0.1) is 0 Å². The van der Waals surface area contributed by atoms with E-state index < -0.39 is 0 Å². The van der Waals surface area contributed by atoms with Gasteiger partial charge in [-0.2, -0.15) is 0 Å². The molecule has 0 aliphatic rings. The van der Waals surface area contributed by atoms with Crippen LogP contribution >= 0.6 is 0 Å². The maximum absolute atomic E-state index is 10.4. The molecular weight excluding hydrogens is 468 g/mol. The SMILES string of the molecule is CC(C)O.CC(C)O.Oc1ccc2ccccc2c1-c1c(O)ccc2ccccc12.[Zr]. The van der Waals surface area contributed by atoms with E-state index in [0.29, 0.717) is 11.1 Å². The van der Waals surface area contributed by atoms with Gasteiger partial charge in [-0.25, -0.2) is 0 Å². The number of aromatic hydroxyl groups is 2. The average molecular weight is 498 g/mol. The van der Waals surface area contributed by atoms with E-state index in [4.69, 9.17) is 10.2 Å². The maximum atomic E-state index is 10.4. The Morgan fingerprint density at radius 3 is 1.13 bits per heavy atom. The van der Waals surface area contributed by atoms with E-state index >= 15 is 0 Å². The molecule has 4 rings (SSSR count). The van der Waals surface area contributed by atoms with E-state index in [1.54, 1.807) is 39.8 Å². The first-order chi connectivity index (χ1) is 14.2. The quantitative estimate of drug-likeness (QED) is 0.266. The van der Waals surface area contributed by atoms with Crippen molar-refractivity contribution in [3.63, 3.8) is 0 Å². The second-order valence-corrected chi connectivity index (χ2v) is 7.55. The van der Waals surface area contributed by atoms with Crippen molar-refractivity contribution in [1.82, 2.24) is 0 Å². The Morgan fingerprint density at radius 2 is 0.806 bits per heavy atom. The zero-order chi connectivity index (χ0) is 22.3. The summed E-state index contributed by atoms with van der Waals surface area (Å²) in [5.74, 6) is 0.343. The van der Waals surface area contributed by atoms with Crippen LogP contribution in [-0.4, -0.2) is 32.6 Å². The molecule has 0 amide bonds. The molecule has 162 valence electrons. The number of benzene rings is 4. The molecule has 4 nitrogen and oxygen atoms in total. The van der Waals surface area contributed by atoms with Gasteiger partial charge in [-0.15, -0.1) is 0 Å². The number of rotatable bonds is 1. The Kier molecular flexibility index (Phi) is 10.9. The molecule has 31 heavy (non-hydrogen) atoms. The van der Waals surface area contributed by atoms with E-state index in [0.717, 1.165) is 21.5 Å². The molecule has 4 N–H and O–H groups in total. The van der Waals surface area contributed by atoms with Crippen LogP contribution in [0.15, 0.2) is 72.8 Å². The van der Waals surface area contributed by atoms with Gasteiger partial charge >= 0.3 is 0 Å². The van der Waals surface area contributed by atoms with Crippen LogP contribution in [0.3, 0.4) is 0 Å². The number of fused-ring (bicyclic) bond motifs is 2. The fourth-order valence-corrected chi connectivity index (χ4v) is 3.05. The van der Waals surface area contributed by atoms with Gasteiger partial charge in [0.1, 0.15) is 11.5 Å². The minimum Gasteiger partial charge on any atom is -0.507 e. The fraction of sp³-hybridized carbons (Fsp3) is 0.231. The van der Waals surface area contributed by atoms with Crippen molar-refractivity contribution in [3.05, 3.63) is 72.8 Å². The third kappa shape index (κ3) is 7.46. The molecule has 0 fully saturated rings. The zero-order valence-corrected chi connectivity index (χ0v) is 20.8. The third-order valence-electron chi connectivity index (χ3n) is 4.06. The van der Waals surface area contributed by atoms with Gasteiger partial charge in [0.25, 0.3) is 0 Å². The number of hydrogen-bond acceptors (Lipinski definition) is 4. The van der Waals surface area contributed by atoms with E-state index in [2.05, 4.69) is 0 Å². The second-order valence-electron chi connectivity index (χ2n) is 7.55. The number of hydrogen-bond donors (Lipinski definition) is 4. The average Bonchev–Trinajstić information content (AvgIpc) is 2.68. The van der Waals surface area contributed by atoms with Crippen molar-refractivity contribution < 1.29 is 46.6 Å². The molecule has 0 radical (unpaired) electrons. The Labute approximate surface area is 202 Å². The topological polar surface area (TPSA) is 80.9 Å². The molecule has 4 aromatic carbocycles. The molecule has 0 unspecified atom stereocenters. The number of aliphatic hydroxyl groups excluding tert-OH is 2. The summed E-state index contributed by atoms with van der Waals surface area (Å²) in [5.41, 5.74) is 1.35. The van der Waals surface area contributed by atoms with Gasteiger partial charge in [0, 0.05) is 49.5 Å². The molecule has 0 saturated heterocycles. The Hall–Kier alpha value is -2.20. The monoisotopic (exact) mass is 496 g/mol. The first-order valence-corrected chi connectivity index (χ1v) is 10.00. The zero-order valence-electron chi connectivity index (χ0n) is 18.4. The third-order valence-corrected chi connectivity index (χ3v) is 4.06. The van der Waals surface area contributed by atoms with E-state index in [1.165, 1.54) is 0 Å². The molecular formula is C26H30O4Zr. The number of phenolic OH excluding ortho intramolecular Hbond substituents is 2. The van der Waals surface area contributed by atoms with Crippen molar-refractivity contribution in [3.8, 4) is 22.6 Å². The molecule has 0 aromatic heterocycles. The van der Waals surface area contributed by atoms with Crippen LogP contribution in [-0.2, 0) is 26.2 Å².